The molecule has 1 aliphatic heterocycles. The van der Waals surface area contributed by atoms with Crippen LogP contribution in [-0.4, -0.2) is 41.4 Å². The van der Waals surface area contributed by atoms with Gasteiger partial charge in [-0.2, -0.15) is 4.31 Å². The Kier molecular flexibility index (Phi) is 3.55. The van der Waals surface area contributed by atoms with E-state index in [4.69, 9.17) is 5.53 Å². The lowest BCUT2D eigenvalue weighted by Gasteiger charge is -2.21. The zero-order chi connectivity index (χ0) is 13.2. The van der Waals surface area contributed by atoms with Gasteiger partial charge in [0.1, 0.15) is 0 Å². The van der Waals surface area contributed by atoms with Crippen LogP contribution < -0.4 is 0 Å². The summed E-state index contributed by atoms with van der Waals surface area (Å²) in [6, 6.07) is -0.257. The lowest BCUT2D eigenvalue weighted by molar-refractivity contribution is 0.391. The molecular formula is C9H14N6O2S. The van der Waals surface area contributed by atoms with Crippen molar-refractivity contribution in [1.29, 1.82) is 0 Å². The first-order valence-electron chi connectivity index (χ1n) is 5.56. The Morgan fingerprint density at radius 3 is 3.06 bits per heavy atom. The van der Waals surface area contributed by atoms with Gasteiger partial charge in [-0.3, -0.25) is 0 Å². The normalized spacial score (nSPS) is 20.8. The minimum absolute atomic E-state index is 0.0397. The molecule has 0 aliphatic carbocycles. The minimum Gasteiger partial charge on any atom is -0.339 e. The number of hydrogen-bond donors (Lipinski definition) is 0. The van der Waals surface area contributed by atoms with E-state index < -0.39 is 10.0 Å². The predicted molar refractivity (Wildman–Crippen MR) is 64.1 cm³/mol. The Labute approximate surface area is 105 Å². The Bertz CT molecular complexity index is 574. The number of azide groups is 1. The van der Waals surface area contributed by atoms with Gasteiger partial charge < -0.3 is 4.57 Å². The molecule has 2 rings (SSSR count). The number of aryl methyl sites for hydroxylation is 1. The van der Waals surface area contributed by atoms with Gasteiger partial charge in [-0.1, -0.05) is 5.11 Å². The van der Waals surface area contributed by atoms with Gasteiger partial charge in [0, 0.05) is 37.3 Å². The van der Waals surface area contributed by atoms with E-state index in [1.54, 1.807) is 11.6 Å². The highest BCUT2D eigenvalue weighted by molar-refractivity contribution is 7.89. The molecule has 1 atom stereocenters. The van der Waals surface area contributed by atoms with Crippen LogP contribution in [0.25, 0.3) is 10.4 Å². The van der Waals surface area contributed by atoms with Gasteiger partial charge in [-0.25, -0.2) is 13.4 Å². The molecule has 18 heavy (non-hydrogen) atoms. The fourth-order valence-corrected chi connectivity index (χ4v) is 3.74. The Morgan fingerprint density at radius 1 is 1.67 bits per heavy atom. The minimum atomic E-state index is -3.58. The summed E-state index contributed by atoms with van der Waals surface area (Å²) in [5.41, 5.74) is 8.31. The molecule has 9 heteroatoms. The van der Waals surface area contributed by atoms with Crippen molar-refractivity contribution in [1.82, 2.24) is 13.9 Å². The molecule has 0 amide bonds. The topological polar surface area (TPSA) is 104 Å². The monoisotopic (exact) mass is 270 g/mol. The number of aromatic nitrogens is 2. The average Bonchev–Trinajstić information content (AvgIpc) is 2.95. The van der Waals surface area contributed by atoms with Gasteiger partial charge >= 0.3 is 0 Å². The number of imidazole rings is 1. The summed E-state index contributed by atoms with van der Waals surface area (Å²) >= 11 is 0. The van der Waals surface area contributed by atoms with Gasteiger partial charge in [-0.05, 0) is 18.4 Å². The second kappa shape index (κ2) is 4.97. The predicted octanol–water partition coefficient (Wildman–Crippen LogP) is 0.883. The van der Waals surface area contributed by atoms with Crippen LogP contribution in [0.15, 0.2) is 22.7 Å². The lowest BCUT2D eigenvalue weighted by atomic mass is 10.2. The molecule has 0 spiro atoms. The molecule has 0 N–H and O–H groups in total. The molecule has 98 valence electrons. The molecule has 2 heterocycles. The molecule has 1 aliphatic rings. The SMILES string of the molecule is Cn1cnc(S(=O)(=O)N2CCCC2CN=[N+]=[N-])c1. The van der Waals surface area contributed by atoms with Crippen molar-refractivity contribution in [3.8, 4) is 0 Å². The summed E-state index contributed by atoms with van der Waals surface area (Å²) in [6.45, 7) is 0.618. The fourth-order valence-electron chi connectivity index (χ4n) is 2.08. The zero-order valence-electron chi connectivity index (χ0n) is 9.97. The van der Waals surface area contributed by atoms with E-state index in [-0.39, 0.29) is 17.6 Å². The number of rotatable bonds is 4. The fraction of sp³-hybridized carbons (Fsp3) is 0.667. The molecule has 1 unspecified atom stereocenters. The van der Waals surface area contributed by atoms with Crippen LogP contribution >= 0.6 is 0 Å². The number of nitrogens with zero attached hydrogens (tertiary/aromatic N) is 6. The summed E-state index contributed by atoms with van der Waals surface area (Å²) in [5, 5.41) is 3.50. The second-order valence-corrected chi connectivity index (χ2v) is 6.04. The highest BCUT2D eigenvalue weighted by Crippen LogP contribution is 2.25. The first-order chi connectivity index (χ1) is 8.55. The Hall–Kier alpha value is -1.57. The largest absolute Gasteiger partial charge is 0.339 e. The van der Waals surface area contributed by atoms with Crippen molar-refractivity contribution in [2.45, 2.75) is 23.9 Å². The lowest BCUT2D eigenvalue weighted by Crippen LogP contribution is -2.37. The number of sulfonamides is 1. The van der Waals surface area contributed by atoms with Crippen molar-refractivity contribution < 1.29 is 8.42 Å². The van der Waals surface area contributed by atoms with Crippen LogP contribution in [0, 0.1) is 0 Å². The van der Waals surface area contributed by atoms with E-state index in [0.717, 1.165) is 6.42 Å². The highest BCUT2D eigenvalue weighted by Gasteiger charge is 2.35. The standard InChI is InChI=1S/C9H14N6O2S/c1-14-6-9(11-7-14)18(16,17)15-4-2-3-8(15)5-12-13-10/h6-8H,2-5H2,1H3. The smallest absolute Gasteiger partial charge is 0.262 e. The molecular weight excluding hydrogens is 256 g/mol. The maximum Gasteiger partial charge on any atom is 0.262 e. The molecule has 1 saturated heterocycles. The molecule has 0 radical (unpaired) electrons. The first-order valence-corrected chi connectivity index (χ1v) is 7.00. The van der Waals surface area contributed by atoms with Crippen LogP contribution in [0.2, 0.25) is 0 Å². The molecule has 1 aromatic heterocycles. The van der Waals surface area contributed by atoms with Crippen LogP contribution in [0.1, 0.15) is 12.8 Å². The molecule has 0 saturated carbocycles. The zero-order valence-corrected chi connectivity index (χ0v) is 10.8. The third kappa shape index (κ3) is 2.33. The summed E-state index contributed by atoms with van der Waals surface area (Å²) in [7, 11) is -1.86. The summed E-state index contributed by atoms with van der Waals surface area (Å²) in [4.78, 5) is 6.55. The van der Waals surface area contributed by atoms with E-state index in [1.165, 1.54) is 16.8 Å². The van der Waals surface area contributed by atoms with Gasteiger partial charge in [-0.15, -0.1) is 0 Å². The van der Waals surface area contributed by atoms with Gasteiger partial charge in [0.05, 0.1) is 6.33 Å². The van der Waals surface area contributed by atoms with E-state index in [0.29, 0.717) is 13.0 Å². The Balaban J connectivity index is 2.26. The van der Waals surface area contributed by atoms with Crippen molar-refractivity contribution in [2.75, 3.05) is 13.1 Å². The molecule has 0 aromatic carbocycles. The van der Waals surface area contributed by atoms with Gasteiger partial charge in [0.2, 0.25) is 0 Å². The van der Waals surface area contributed by atoms with E-state index in [9.17, 15) is 8.42 Å². The summed E-state index contributed by atoms with van der Waals surface area (Å²) < 4.78 is 27.6. The molecule has 1 aromatic rings. The van der Waals surface area contributed by atoms with Crippen molar-refractivity contribution in [3.63, 3.8) is 0 Å². The van der Waals surface area contributed by atoms with Gasteiger partial charge in [0.15, 0.2) is 5.03 Å². The van der Waals surface area contributed by atoms with Crippen molar-refractivity contribution in [3.05, 3.63) is 23.0 Å². The van der Waals surface area contributed by atoms with Crippen molar-refractivity contribution >= 4 is 10.0 Å². The van der Waals surface area contributed by atoms with Crippen LogP contribution in [0.5, 0.6) is 0 Å². The van der Waals surface area contributed by atoms with Crippen LogP contribution in [0.3, 0.4) is 0 Å². The maximum absolute atomic E-state index is 12.3. The first kappa shape index (κ1) is 12.9. The summed E-state index contributed by atoms with van der Waals surface area (Å²) in [5.74, 6) is 0. The second-order valence-electron chi connectivity index (χ2n) is 4.20. The summed E-state index contributed by atoms with van der Waals surface area (Å²) in [6.07, 6.45) is 4.41. The Morgan fingerprint density at radius 2 is 2.44 bits per heavy atom. The van der Waals surface area contributed by atoms with E-state index in [1.807, 2.05) is 0 Å². The molecule has 0 bridgehead atoms. The van der Waals surface area contributed by atoms with E-state index >= 15 is 0 Å². The van der Waals surface area contributed by atoms with Crippen LogP contribution in [0.4, 0.5) is 0 Å². The quantitative estimate of drug-likeness (QED) is 0.460. The van der Waals surface area contributed by atoms with Gasteiger partial charge in [0.25, 0.3) is 10.0 Å². The van der Waals surface area contributed by atoms with Crippen molar-refractivity contribution in [2.24, 2.45) is 12.2 Å². The molecule has 1 fully saturated rings. The van der Waals surface area contributed by atoms with Crippen LogP contribution in [-0.2, 0) is 17.1 Å². The third-order valence-corrected chi connectivity index (χ3v) is 4.77. The van der Waals surface area contributed by atoms with E-state index in [2.05, 4.69) is 15.0 Å². The average molecular weight is 270 g/mol. The highest BCUT2D eigenvalue weighted by atomic mass is 32.2. The maximum atomic E-state index is 12.3. The number of hydrogen-bond acceptors (Lipinski definition) is 4. The third-order valence-electron chi connectivity index (χ3n) is 2.93. The molecule has 8 nitrogen and oxygen atoms in total.